The van der Waals surface area contributed by atoms with Crippen molar-refractivity contribution in [1.29, 1.82) is 0 Å². The number of halogens is 2. The third kappa shape index (κ3) is 6.37. The number of aliphatic hydroxyl groups excluding tert-OH is 1. The van der Waals surface area contributed by atoms with Crippen LogP contribution in [-0.2, 0) is 0 Å². The molecule has 3 fully saturated rings. The van der Waals surface area contributed by atoms with Crippen LogP contribution >= 0.6 is 11.9 Å². The number of hydrogen-bond acceptors (Lipinski definition) is 6. The lowest BCUT2D eigenvalue weighted by Crippen LogP contribution is -2.35. The molecule has 6 nitrogen and oxygen atoms in total. The molecule has 1 aliphatic heterocycles. The highest BCUT2D eigenvalue weighted by molar-refractivity contribution is 8.00. The number of hydrogen-bond donors (Lipinski definition) is 3. The predicted molar refractivity (Wildman–Crippen MR) is 146 cm³/mol. The van der Waals surface area contributed by atoms with Crippen molar-refractivity contribution in [2.75, 3.05) is 40.4 Å². The molecule has 1 saturated heterocycles. The number of nitrogens with one attached hydrogen (secondary N) is 2. The van der Waals surface area contributed by atoms with Crippen LogP contribution in [0.2, 0.25) is 0 Å². The van der Waals surface area contributed by atoms with Gasteiger partial charge in [-0.15, -0.1) is 0 Å². The molecule has 0 atom stereocenters. The molecule has 5 rings (SSSR count). The number of anilines is 3. The van der Waals surface area contributed by atoms with Crippen molar-refractivity contribution in [2.45, 2.75) is 70.1 Å². The highest BCUT2D eigenvalue weighted by Gasteiger charge is 2.44. The zero-order valence-electron chi connectivity index (χ0n) is 21.4. The maximum absolute atomic E-state index is 13.7. The number of aromatic nitrogens is 1. The summed E-state index contributed by atoms with van der Waals surface area (Å²) in [5.41, 5.74) is 4.62. The van der Waals surface area contributed by atoms with Gasteiger partial charge in [0.2, 0.25) is 5.92 Å². The van der Waals surface area contributed by atoms with Crippen LogP contribution < -0.4 is 14.9 Å². The first-order chi connectivity index (χ1) is 17.8. The van der Waals surface area contributed by atoms with Gasteiger partial charge in [-0.05, 0) is 86.8 Å². The van der Waals surface area contributed by atoms with Gasteiger partial charge in [0.1, 0.15) is 5.82 Å². The van der Waals surface area contributed by atoms with Crippen LogP contribution in [0.15, 0.2) is 30.3 Å². The maximum Gasteiger partial charge on any atom is 0.258 e. The summed E-state index contributed by atoms with van der Waals surface area (Å²) in [6, 6.07) is 9.51. The zero-order valence-corrected chi connectivity index (χ0v) is 22.2. The Labute approximate surface area is 221 Å². The molecule has 1 aromatic carbocycles. The molecule has 0 bridgehead atoms. The van der Waals surface area contributed by atoms with Crippen LogP contribution in [0.1, 0.15) is 78.9 Å². The highest BCUT2D eigenvalue weighted by atomic mass is 32.2. The predicted octanol–water partition coefficient (Wildman–Crippen LogP) is 6.37. The van der Waals surface area contributed by atoms with E-state index in [1.807, 2.05) is 37.3 Å². The fraction of sp³-hybridized carbons (Fsp3) is 0.571. The van der Waals surface area contributed by atoms with E-state index in [4.69, 9.17) is 5.11 Å². The summed E-state index contributed by atoms with van der Waals surface area (Å²) in [6.07, 6.45) is 5.49. The lowest BCUT2D eigenvalue weighted by atomic mass is 9.84. The molecular formula is C28H36F2N4O2S. The van der Waals surface area contributed by atoms with E-state index < -0.39 is 5.92 Å². The number of aliphatic hydroxyl groups is 1. The Morgan fingerprint density at radius 3 is 2.51 bits per heavy atom. The number of rotatable bonds is 8. The lowest BCUT2D eigenvalue weighted by molar-refractivity contribution is -0.0384. The van der Waals surface area contributed by atoms with Crippen LogP contribution in [0.4, 0.5) is 26.0 Å². The van der Waals surface area contributed by atoms with Gasteiger partial charge in [0.25, 0.3) is 5.91 Å². The molecule has 2 saturated carbocycles. The molecule has 1 aromatic heterocycles. The van der Waals surface area contributed by atoms with Crippen molar-refractivity contribution in [3.8, 4) is 0 Å². The number of pyridine rings is 1. The quantitative estimate of drug-likeness (QED) is 0.272. The topological polar surface area (TPSA) is 77.5 Å². The average molecular weight is 531 g/mol. The Hall–Kier alpha value is -2.39. The van der Waals surface area contributed by atoms with Crippen LogP contribution in [0, 0.1) is 12.3 Å². The summed E-state index contributed by atoms with van der Waals surface area (Å²) in [5.74, 6) is -1.80. The Balaban J connectivity index is 1.35. The Bertz CT molecular complexity index is 1120. The molecule has 0 radical (unpaired) electrons. The van der Waals surface area contributed by atoms with Gasteiger partial charge in [-0.2, -0.15) is 0 Å². The fourth-order valence-corrected chi connectivity index (χ4v) is 6.10. The summed E-state index contributed by atoms with van der Waals surface area (Å²) >= 11 is 1.43. The minimum atomic E-state index is -2.58. The minimum Gasteiger partial charge on any atom is -0.395 e. The summed E-state index contributed by atoms with van der Waals surface area (Å²) in [7, 11) is 0. The first-order valence-corrected chi connectivity index (χ1v) is 14.3. The number of alkyl halides is 2. The van der Waals surface area contributed by atoms with Crippen molar-refractivity contribution >= 4 is 35.0 Å². The normalized spacial score (nSPS) is 20.6. The van der Waals surface area contributed by atoms with Crippen molar-refractivity contribution in [1.82, 2.24) is 4.98 Å². The molecule has 0 unspecified atom stereocenters. The largest absolute Gasteiger partial charge is 0.395 e. The van der Waals surface area contributed by atoms with Gasteiger partial charge < -0.3 is 20.0 Å². The second-order valence-electron chi connectivity index (χ2n) is 10.9. The number of amides is 1. The van der Waals surface area contributed by atoms with Crippen LogP contribution in [0.3, 0.4) is 0 Å². The molecule has 9 heteroatoms. The zero-order chi connectivity index (χ0) is 26.0. The molecule has 3 aliphatic rings. The first kappa shape index (κ1) is 26.2. The van der Waals surface area contributed by atoms with E-state index in [0.29, 0.717) is 35.4 Å². The molecule has 200 valence electrons. The van der Waals surface area contributed by atoms with Crippen LogP contribution in [0.25, 0.3) is 0 Å². The van der Waals surface area contributed by atoms with E-state index in [1.165, 1.54) is 24.8 Å². The van der Waals surface area contributed by atoms with Gasteiger partial charge in [-0.25, -0.2) is 13.8 Å². The SMILES string of the molecule is Cc1cc(NC(=O)c2ccc(NSCCO)cc2N2CCC3(CC2)CC3)nc(C2CCC(F)(F)CC2)c1. The number of nitrogens with zero attached hydrogens (tertiary/aromatic N) is 2. The van der Waals surface area contributed by atoms with E-state index in [2.05, 4.69) is 19.9 Å². The minimum absolute atomic E-state index is 0.0180. The monoisotopic (exact) mass is 530 g/mol. The van der Waals surface area contributed by atoms with Gasteiger partial charge in [0.05, 0.1) is 17.9 Å². The maximum atomic E-state index is 13.7. The smallest absolute Gasteiger partial charge is 0.258 e. The number of carbonyl (C=O) groups is 1. The molecule has 37 heavy (non-hydrogen) atoms. The van der Waals surface area contributed by atoms with Gasteiger partial charge in [0, 0.05) is 49.0 Å². The van der Waals surface area contributed by atoms with Crippen molar-refractivity contribution < 1.29 is 18.7 Å². The van der Waals surface area contributed by atoms with Crippen molar-refractivity contribution in [2.24, 2.45) is 5.41 Å². The molecule has 3 N–H and O–H groups in total. The summed E-state index contributed by atoms with van der Waals surface area (Å²) < 4.78 is 30.6. The molecule has 2 aliphatic carbocycles. The Morgan fingerprint density at radius 2 is 1.84 bits per heavy atom. The van der Waals surface area contributed by atoms with E-state index >= 15 is 0 Å². The third-order valence-corrected chi connectivity index (χ3v) is 8.88. The molecule has 1 spiro atoms. The Morgan fingerprint density at radius 1 is 1.11 bits per heavy atom. The van der Waals surface area contributed by atoms with Gasteiger partial charge in [0.15, 0.2) is 0 Å². The lowest BCUT2D eigenvalue weighted by Gasteiger charge is -2.35. The highest BCUT2D eigenvalue weighted by Crippen LogP contribution is 2.54. The summed E-state index contributed by atoms with van der Waals surface area (Å²) in [6.45, 7) is 3.88. The Kier molecular flexibility index (Phi) is 7.63. The van der Waals surface area contributed by atoms with E-state index in [1.54, 1.807) is 0 Å². The third-order valence-electron chi connectivity index (χ3n) is 8.11. The van der Waals surface area contributed by atoms with Crippen molar-refractivity contribution in [3.63, 3.8) is 0 Å². The summed E-state index contributed by atoms with van der Waals surface area (Å²) in [4.78, 5) is 20.5. The molecular weight excluding hydrogens is 494 g/mol. The van der Waals surface area contributed by atoms with E-state index in [9.17, 15) is 13.6 Å². The number of aryl methyl sites for hydroxylation is 1. The summed E-state index contributed by atoms with van der Waals surface area (Å²) in [5, 5.41) is 12.1. The number of carbonyl (C=O) groups excluding carboxylic acids is 1. The molecule has 2 heterocycles. The molecule has 2 aromatic rings. The fourth-order valence-electron chi connectivity index (χ4n) is 5.61. The second-order valence-corrected chi connectivity index (χ2v) is 11.8. The first-order valence-electron chi connectivity index (χ1n) is 13.3. The average Bonchev–Trinajstić information content (AvgIpc) is 3.62. The second kappa shape index (κ2) is 10.8. The number of benzene rings is 1. The van der Waals surface area contributed by atoms with E-state index in [0.717, 1.165) is 48.6 Å². The van der Waals surface area contributed by atoms with Crippen LogP contribution in [-0.4, -0.2) is 47.4 Å². The number of piperidine rings is 1. The van der Waals surface area contributed by atoms with Gasteiger partial charge >= 0.3 is 0 Å². The van der Waals surface area contributed by atoms with Gasteiger partial charge in [-0.3, -0.25) is 4.79 Å². The van der Waals surface area contributed by atoms with Crippen molar-refractivity contribution in [3.05, 3.63) is 47.2 Å². The van der Waals surface area contributed by atoms with Gasteiger partial charge in [-0.1, -0.05) is 11.9 Å². The van der Waals surface area contributed by atoms with E-state index in [-0.39, 0.29) is 31.3 Å². The molecule has 1 amide bonds. The van der Waals surface area contributed by atoms with Crippen LogP contribution in [0.5, 0.6) is 0 Å². The standard InChI is InChI=1S/C28H36F2N4O2S/c1-19-16-23(20-4-6-28(29,30)7-5-20)31-25(17-19)32-26(36)22-3-2-21(33-37-15-14-35)18-24(22)34-12-10-27(8-9-27)11-13-34/h2-3,16-18,20,33,35H,4-15H2,1H3,(H,31,32,36).